The molecule has 1 amide bonds. The van der Waals surface area contributed by atoms with Crippen LogP contribution in [0.1, 0.15) is 50.8 Å². The molecule has 0 unspecified atom stereocenters. The Labute approximate surface area is 176 Å². The number of rotatable bonds is 3. The number of hydrogen-bond donors (Lipinski definition) is 2. The highest BCUT2D eigenvalue weighted by Crippen LogP contribution is 2.46. The molecule has 3 heterocycles. The minimum Gasteiger partial charge on any atom is -0.362 e. The SMILES string of the molecule is CC1=C(C(=O)Nc2ccc(C)cn2)[C@@H](c2ccccn2)C2=C(CC(C)(C)CC2=O)N1. The number of Topliss-reactive ketones (excluding diaryl/α,β-unsaturated/α-hetero) is 1. The normalized spacial score (nSPS) is 20.5. The lowest BCUT2D eigenvalue weighted by Gasteiger charge is -2.39. The molecule has 0 bridgehead atoms. The number of carbonyl (C=O) groups excluding carboxylic acids is 2. The van der Waals surface area contributed by atoms with Crippen LogP contribution in [0.4, 0.5) is 5.82 Å². The van der Waals surface area contributed by atoms with Gasteiger partial charge in [0.05, 0.1) is 11.6 Å². The Kier molecular flexibility index (Phi) is 5.02. The Morgan fingerprint density at radius 2 is 1.93 bits per heavy atom. The van der Waals surface area contributed by atoms with E-state index in [2.05, 4.69) is 34.4 Å². The summed E-state index contributed by atoms with van der Waals surface area (Å²) in [4.78, 5) is 35.3. The van der Waals surface area contributed by atoms with E-state index in [-0.39, 0.29) is 17.1 Å². The van der Waals surface area contributed by atoms with Crippen molar-refractivity contribution in [3.05, 3.63) is 76.5 Å². The predicted molar refractivity (Wildman–Crippen MR) is 115 cm³/mol. The summed E-state index contributed by atoms with van der Waals surface area (Å²) in [5, 5.41) is 6.25. The number of carbonyl (C=O) groups is 2. The predicted octanol–water partition coefficient (Wildman–Crippen LogP) is 4.03. The Balaban J connectivity index is 1.78. The van der Waals surface area contributed by atoms with Gasteiger partial charge in [-0.2, -0.15) is 0 Å². The summed E-state index contributed by atoms with van der Waals surface area (Å²) in [6.45, 7) is 8.01. The van der Waals surface area contributed by atoms with Crippen LogP contribution < -0.4 is 10.6 Å². The van der Waals surface area contributed by atoms with Gasteiger partial charge in [-0.1, -0.05) is 26.0 Å². The largest absolute Gasteiger partial charge is 0.362 e. The van der Waals surface area contributed by atoms with Crippen LogP contribution in [0, 0.1) is 12.3 Å². The van der Waals surface area contributed by atoms with Crippen molar-refractivity contribution in [3.63, 3.8) is 0 Å². The molecular formula is C24H26N4O2. The van der Waals surface area contributed by atoms with Crippen molar-refractivity contribution in [2.24, 2.45) is 5.41 Å². The number of dihydropyridines is 1. The van der Waals surface area contributed by atoms with E-state index in [4.69, 9.17) is 0 Å². The minimum atomic E-state index is -0.503. The van der Waals surface area contributed by atoms with Crippen LogP contribution >= 0.6 is 0 Å². The Morgan fingerprint density at radius 3 is 2.60 bits per heavy atom. The molecule has 1 aliphatic heterocycles. The van der Waals surface area contributed by atoms with Crippen LogP contribution in [0.5, 0.6) is 0 Å². The minimum absolute atomic E-state index is 0.0654. The van der Waals surface area contributed by atoms with Gasteiger partial charge in [0.1, 0.15) is 5.82 Å². The van der Waals surface area contributed by atoms with Gasteiger partial charge in [-0.15, -0.1) is 0 Å². The second-order valence-corrected chi connectivity index (χ2v) is 8.86. The summed E-state index contributed by atoms with van der Waals surface area (Å²) >= 11 is 0. The first kappa shape index (κ1) is 20.0. The molecule has 2 aromatic rings. The number of aromatic nitrogens is 2. The molecule has 0 fully saturated rings. The summed E-state index contributed by atoms with van der Waals surface area (Å²) in [6, 6.07) is 9.26. The fraction of sp³-hybridized carbons (Fsp3) is 0.333. The van der Waals surface area contributed by atoms with Gasteiger partial charge in [0.2, 0.25) is 0 Å². The molecule has 6 nitrogen and oxygen atoms in total. The molecule has 4 rings (SSSR count). The zero-order chi connectivity index (χ0) is 21.5. The Morgan fingerprint density at radius 1 is 1.13 bits per heavy atom. The third-order valence-electron chi connectivity index (χ3n) is 5.62. The van der Waals surface area contributed by atoms with E-state index >= 15 is 0 Å². The van der Waals surface area contributed by atoms with Gasteiger partial charge >= 0.3 is 0 Å². The third kappa shape index (κ3) is 3.77. The molecule has 0 spiro atoms. The fourth-order valence-corrected chi connectivity index (χ4v) is 4.30. The van der Waals surface area contributed by atoms with Crippen LogP contribution in [-0.4, -0.2) is 21.7 Å². The van der Waals surface area contributed by atoms with Gasteiger partial charge in [0.25, 0.3) is 5.91 Å². The van der Waals surface area contributed by atoms with Gasteiger partial charge in [-0.05, 0) is 49.4 Å². The van der Waals surface area contributed by atoms with E-state index in [1.807, 2.05) is 38.1 Å². The summed E-state index contributed by atoms with van der Waals surface area (Å²) in [7, 11) is 0. The van der Waals surface area contributed by atoms with Crippen molar-refractivity contribution in [2.45, 2.75) is 46.5 Å². The second kappa shape index (κ2) is 7.52. The molecule has 0 aromatic carbocycles. The molecule has 30 heavy (non-hydrogen) atoms. The third-order valence-corrected chi connectivity index (χ3v) is 5.62. The highest BCUT2D eigenvalue weighted by atomic mass is 16.2. The monoisotopic (exact) mass is 402 g/mol. The lowest BCUT2D eigenvalue weighted by Crippen LogP contribution is -2.39. The maximum atomic E-state index is 13.3. The van der Waals surface area contributed by atoms with Crippen molar-refractivity contribution in [2.75, 3.05) is 5.32 Å². The van der Waals surface area contributed by atoms with E-state index in [9.17, 15) is 9.59 Å². The quantitative estimate of drug-likeness (QED) is 0.810. The van der Waals surface area contributed by atoms with Gasteiger partial charge in [0.15, 0.2) is 5.78 Å². The van der Waals surface area contributed by atoms with Crippen LogP contribution in [-0.2, 0) is 9.59 Å². The molecule has 154 valence electrons. The number of anilines is 1. The number of aryl methyl sites for hydroxylation is 1. The number of ketones is 1. The first-order valence-corrected chi connectivity index (χ1v) is 10.1. The van der Waals surface area contributed by atoms with E-state index in [1.54, 1.807) is 18.5 Å². The number of allylic oxidation sites excluding steroid dienone is 3. The highest BCUT2D eigenvalue weighted by Gasteiger charge is 2.43. The van der Waals surface area contributed by atoms with Crippen molar-refractivity contribution in [1.82, 2.24) is 15.3 Å². The molecule has 2 aliphatic rings. The van der Waals surface area contributed by atoms with Gasteiger partial charge in [-0.25, -0.2) is 4.98 Å². The van der Waals surface area contributed by atoms with Crippen LogP contribution in [0.15, 0.2) is 65.3 Å². The molecule has 0 saturated heterocycles. The first-order chi connectivity index (χ1) is 14.2. The van der Waals surface area contributed by atoms with Crippen molar-refractivity contribution in [3.8, 4) is 0 Å². The average molecular weight is 402 g/mol. The molecular weight excluding hydrogens is 376 g/mol. The molecule has 1 atom stereocenters. The van der Waals surface area contributed by atoms with E-state index in [1.165, 1.54) is 0 Å². The maximum absolute atomic E-state index is 13.3. The Hall–Kier alpha value is -3.28. The molecule has 0 saturated carbocycles. The number of amides is 1. The number of pyridine rings is 2. The summed E-state index contributed by atoms with van der Waals surface area (Å²) in [6.07, 6.45) is 4.61. The smallest absolute Gasteiger partial charge is 0.255 e. The van der Waals surface area contributed by atoms with Crippen LogP contribution in [0.3, 0.4) is 0 Å². The van der Waals surface area contributed by atoms with Crippen LogP contribution in [0.2, 0.25) is 0 Å². The van der Waals surface area contributed by atoms with E-state index in [0.717, 1.165) is 23.4 Å². The van der Waals surface area contributed by atoms with E-state index in [0.29, 0.717) is 29.1 Å². The van der Waals surface area contributed by atoms with Crippen LogP contribution in [0.25, 0.3) is 0 Å². The first-order valence-electron chi connectivity index (χ1n) is 10.1. The number of nitrogens with one attached hydrogen (secondary N) is 2. The average Bonchev–Trinajstić information content (AvgIpc) is 2.68. The maximum Gasteiger partial charge on any atom is 0.255 e. The fourth-order valence-electron chi connectivity index (χ4n) is 4.30. The van der Waals surface area contributed by atoms with Crippen molar-refractivity contribution < 1.29 is 9.59 Å². The second-order valence-electron chi connectivity index (χ2n) is 8.86. The van der Waals surface area contributed by atoms with E-state index < -0.39 is 5.92 Å². The topological polar surface area (TPSA) is 84.0 Å². The highest BCUT2D eigenvalue weighted by molar-refractivity contribution is 6.09. The number of nitrogens with zero attached hydrogens (tertiary/aromatic N) is 2. The summed E-state index contributed by atoms with van der Waals surface area (Å²) in [5.41, 5.74) is 4.38. The standard InChI is InChI=1S/C24H26N4O2/c1-14-8-9-19(26-13-14)28-23(30)20-15(2)27-17-11-24(3,4)12-18(29)21(17)22(20)16-7-5-6-10-25-16/h5-10,13,22,27H,11-12H2,1-4H3,(H,26,28,30)/t22-/m1/s1. The van der Waals surface area contributed by atoms with Crippen molar-refractivity contribution >= 4 is 17.5 Å². The van der Waals surface area contributed by atoms with Gasteiger partial charge in [0, 0.05) is 41.4 Å². The lowest BCUT2D eigenvalue weighted by atomic mass is 9.69. The molecule has 2 aromatic heterocycles. The molecule has 6 heteroatoms. The zero-order valence-electron chi connectivity index (χ0n) is 17.7. The lowest BCUT2D eigenvalue weighted by molar-refractivity contribution is -0.118. The van der Waals surface area contributed by atoms with Gasteiger partial charge in [-0.3, -0.25) is 14.6 Å². The number of hydrogen-bond acceptors (Lipinski definition) is 5. The molecule has 1 aliphatic carbocycles. The Bertz CT molecular complexity index is 1070. The molecule has 0 radical (unpaired) electrons. The molecule has 2 N–H and O–H groups in total. The summed E-state index contributed by atoms with van der Waals surface area (Å²) < 4.78 is 0. The van der Waals surface area contributed by atoms with Crippen molar-refractivity contribution in [1.29, 1.82) is 0 Å². The summed E-state index contributed by atoms with van der Waals surface area (Å²) in [5.74, 6) is -0.245. The van der Waals surface area contributed by atoms with Gasteiger partial charge < -0.3 is 10.6 Å². The zero-order valence-corrected chi connectivity index (χ0v) is 17.7.